The molecule has 1 aliphatic rings. The lowest BCUT2D eigenvalue weighted by molar-refractivity contribution is -0.128. The number of para-hydroxylation sites is 1. The Bertz CT molecular complexity index is 1370. The molecule has 2 aromatic carbocycles. The van der Waals surface area contributed by atoms with E-state index in [1.54, 1.807) is 22.8 Å². The molecule has 5 rings (SSSR count). The summed E-state index contributed by atoms with van der Waals surface area (Å²) in [4.78, 5) is 18.1. The highest BCUT2D eigenvalue weighted by Gasteiger charge is 2.40. The monoisotopic (exact) mass is 495 g/mol. The predicted molar refractivity (Wildman–Crippen MR) is 150 cm³/mol. The summed E-state index contributed by atoms with van der Waals surface area (Å²) < 4.78 is 1.80. The van der Waals surface area contributed by atoms with E-state index < -0.39 is 5.41 Å². The Labute approximate surface area is 218 Å². The zero-order valence-corrected chi connectivity index (χ0v) is 21.4. The predicted octanol–water partition coefficient (Wildman–Crippen LogP) is 3.57. The molecule has 190 valence electrons. The van der Waals surface area contributed by atoms with Crippen molar-refractivity contribution in [3.05, 3.63) is 72.4 Å². The van der Waals surface area contributed by atoms with Gasteiger partial charge in [-0.1, -0.05) is 61.7 Å². The number of rotatable bonds is 9. The van der Waals surface area contributed by atoms with Crippen molar-refractivity contribution in [3.8, 4) is 17.0 Å². The summed E-state index contributed by atoms with van der Waals surface area (Å²) in [7, 11) is 1.98. The second kappa shape index (κ2) is 11.1. The van der Waals surface area contributed by atoms with E-state index in [1.165, 1.54) is 6.42 Å². The number of benzene rings is 2. The molecule has 8 heteroatoms. The number of hydrogen-bond donors (Lipinski definition) is 3. The fraction of sp³-hybridized carbons (Fsp3) is 0.345. The number of phenolic OH excluding ortho intramolecular Hbond substituents is 1. The lowest BCUT2D eigenvalue weighted by atomic mass is 9.68. The Hall–Kier alpha value is -3.81. The number of aromatic nitrogens is 3. The molecular formula is C29H34BN5O2. The van der Waals surface area contributed by atoms with Crippen LogP contribution in [0.3, 0.4) is 0 Å². The van der Waals surface area contributed by atoms with Crippen LogP contribution in [0.4, 0.5) is 5.82 Å². The second-order valence-corrected chi connectivity index (χ2v) is 10.0. The first kappa shape index (κ1) is 24.9. The Morgan fingerprint density at radius 2 is 1.73 bits per heavy atom. The minimum Gasteiger partial charge on any atom is -0.507 e. The van der Waals surface area contributed by atoms with Gasteiger partial charge in [0.15, 0.2) is 5.65 Å². The normalized spacial score (nSPS) is 14.9. The van der Waals surface area contributed by atoms with Crippen LogP contribution in [0.2, 0.25) is 0 Å². The number of nitrogens with zero attached hydrogens (tertiary/aromatic N) is 3. The number of carbonyl (C=O) groups excluding carboxylic acids is 1. The summed E-state index contributed by atoms with van der Waals surface area (Å²) in [6, 6.07) is 19.4. The summed E-state index contributed by atoms with van der Waals surface area (Å²) >= 11 is 0. The molecule has 0 radical (unpaired) electrons. The standard InChI is InChI=1S/C29H34BN5O2/c30-23-20-33-35-26(19-24(34-27(23)35)22-13-5-6-14-25(22)36)31-17-9-10-18-32-28(37)29(15-7-2-8-16-29)21-11-3-1-4-12-21/h1,3-6,11-14,19-20,31,36H,2,7-10,15-18,30H2,(H,32,37). The van der Waals surface area contributed by atoms with E-state index in [-0.39, 0.29) is 11.7 Å². The van der Waals surface area contributed by atoms with Crippen LogP contribution >= 0.6 is 0 Å². The van der Waals surface area contributed by atoms with Crippen molar-refractivity contribution >= 4 is 30.7 Å². The number of fused-ring (bicyclic) bond motifs is 1. The Morgan fingerprint density at radius 3 is 2.51 bits per heavy atom. The molecule has 0 spiro atoms. The Morgan fingerprint density at radius 1 is 1.00 bits per heavy atom. The van der Waals surface area contributed by atoms with Crippen molar-refractivity contribution in [2.45, 2.75) is 50.4 Å². The number of hydrogen-bond acceptors (Lipinski definition) is 5. The molecule has 0 atom stereocenters. The molecule has 1 saturated carbocycles. The van der Waals surface area contributed by atoms with Crippen LogP contribution in [0.25, 0.3) is 16.9 Å². The largest absolute Gasteiger partial charge is 0.507 e. The first-order valence-corrected chi connectivity index (χ1v) is 13.3. The van der Waals surface area contributed by atoms with Crippen molar-refractivity contribution in [2.24, 2.45) is 0 Å². The van der Waals surface area contributed by atoms with Gasteiger partial charge in [0.2, 0.25) is 5.91 Å². The zero-order valence-electron chi connectivity index (χ0n) is 21.4. The van der Waals surface area contributed by atoms with Crippen LogP contribution in [-0.2, 0) is 10.2 Å². The average molecular weight is 495 g/mol. The van der Waals surface area contributed by atoms with E-state index in [1.807, 2.05) is 44.2 Å². The van der Waals surface area contributed by atoms with Crippen LogP contribution in [-0.4, -0.2) is 46.5 Å². The van der Waals surface area contributed by atoms with E-state index >= 15 is 0 Å². The Kier molecular flexibility index (Phi) is 7.44. The van der Waals surface area contributed by atoms with Crippen LogP contribution in [0.15, 0.2) is 66.9 Å². The molecule has 37 heavy (non-hydrogen) atoms. The van der Waals surface area contributed by atoms with Crippen molar-refractivity contribution in [2.75, 3.05) is 18.4 Å². The second-order valence-electron chi connectivity index (χ2n) is 10.0. The van der Waals surface area contributed by atoms with Gasteiger partial charge in [-0.05, 0) is 48.8 Å². The van der Waals surface area contributed by atoms with Gasteiger partial charge in [0.1, 0.15) is 19.4 Å². The van der Waals surface area contributed by atoms with Gasteiger partial charge in [0.25, 0.3) is 0 Å². The van der Waals surface area contributed by atoms with Gasteiger partial charge in [-0.3, -0.25) is 4.79 Å². The summed E-state index contributed by atoms with van der Waals surface area (Å²) in [5, 5.41) is 21.5. The molecule has 0 unspecified atom stereocenters. The van der Waals surface area contributed by atoms with Gasteiger partial charge >= 0.3 is 0 Å². The van der Waals surface area contributed by atoms with Crippen LogP contribution in [0.1, 0.15) is 50.5 Å². The van der Waals surface area contributed by atoms with Gasteiger partial charge in [-0.15, -0.1) is 0 Å². The smallest absolute Gasteiger partial charge is 0.230 e. The van der Waals surface area contributed by atoms with Crippen molar-refractivity contribution in [1.29, 1.82) is 0 Å². The SMILES string of the molecule is Bc1cnn2c(NCCCCNC(=O)C3(c4ccccc4)CCCCC3)cc(-c3ccccc3O)nc12. The molecule has 0 saturated heterocycles. The van der Waals surface area contributed by atoms with Gasteiger partial charge in [0, 0.05) is 30.9 Å². The van der Waals surface area contributed by atoms with E-state index in [2.05, 4.69) is 27.9 Å². The molecular weight excluding hydrogens is 461 g/mol. The minimum absolute atomic E-state index is 0.168. The van der Waals surface area contributed by atoms with Gasteiger partial charge in [0.05, 0.1) is 11.1 Å². The van der Waals surface area contributed by atoms with E-state index in [4.69, 9.17) is 4.98 Å². The number of anilines is 1. The molecule has 2 heterocycles. The van der Waals surface area contributed by atoms with Crippen LogP contribution in [0, 0.1) is 0 Å². The van der Waals surface area contributed by atoms with Gasteiger partial charge in [-0.2, -0.15) is 9.61 Å². The number of aromatic hydroxyl groups is 1. The summed E-state index contributed by atoms with van der Waals surface area (Å²) in [6.07, 6.45) is 8.82. The summed E-state index contributed by atoms with van der Waals surface area (Å²) in [5.74, 6) is 1.19. The van der Waals surface area contributed by atoms with Crippen molar-refractivity contribution in [1.82, 2.24) is 19.9 Å². The molecule has 1 aliphatic carbocycles. The van der Waals surface area contributed by atoms with E-state index in [9.17, 15) is 9.90 Å². The van der Waals surface area contributed by atoms with Crippen LogP contribution in [0.5, 0.6) is 5.75 Å². The number of nitrogens with one attached hydrogen (secondary N) is 2. The molecule has 4 aromatic rings. The maximum Gasteiger partial charge on any atom is 0.230 e. The molecule has 1 fully saturated rings. The molecule has 0 bridgehead atoms. The third kappa shape index (κ3) is 5.19. The van der Waals surface area contributed by atoms with Gasteiger partial charge in [-0.25, -0.2) is 4.98 Å². The highest BCUT2D eigenvalue weighted by molar-refractivity contribution is 6.36. The van der Waals surface area contributed by atoms with Crippen LogP contribution < -0.4 is 16.1 Å². The highest BCUT2D eigenvalue weighted by Crippen LogP contribution is 2.39. The van der Waals surface area contributed by atoms with Gasteiger partial charge < -0.3 is 15.7 Å². The number of unbranched alkanes of at least 4 members (excludes halogenated alkanes) is 1. The number of carbonyl (C=O) groups is 1. The quantitative estimate of drug-likeness (QED) is 0.244. The average Bonchev–Trinajstić information content (AvgIpc) is 3.32. The topological polar surface area (TPSA) is 91.5 Å². The Balaban J connectivity index is 1.20. The number of amides is 1. The minimum atomic E-state index is -0.391. The highest BCUT2D eigenvalue weighted by atomic mass is 16.3. The maximum absolute atomic E-state index is 13.4. The molecule has 7 nitrogen and oxygen atoms in total. The third-order valence-corrected chi connectivity index (χ3v) is 7.49. The summed E-state index contributed by atoms with van der Waals surface area (Å²) in [5.41, 5.74) is 3.87. The zero-order chi connectivity index (χ0) is 25.7. The van der Waals surface area contributed by atoms with Crippen molar-refractivity contribution in [3.63, 3.8) is 0 Å². The van der Waals surface area contributed by atoms with E-state index in [0.29, 0.717) is 17.8 Å². The first-order valence-electron chi connectivity index (χ1n) is 13.3. The fourth-order valence-corrected chi connectivity index (χ4v) is 5.42. The number of phenols is 1. The van der Waals surface area contributed by atoms with E-state index in [0.717, 1.165) is 67.6 Å². The maximum atomic E-state index is 13.4. The lowest BCUT2D eigenvalue weighted by Gasteiger charge is -2.36. The third-order valence-electron chi connectivity index (χ3n) is 7.49. The molecule has 0 aliphatic heterocycles. The molecule has 3 N–H and O–H groups in total. The molecule has 2 aromatic heterocycles. The van der Waals surface area contributed by atoms with Crippen molar-refractivity contribution < 1.29 is 9.90 Å². The summed E-state index contributed by atoms with van der Waals surface area (Å²) in [6.45, 7) is 1.39. The first-order chi connectivity index (χ1) is 18.1. The lowest BCUT2D eigenvalue weighted by Crippen LogP contribution is -2.46. The fourth-order valence-electron chi connectivity index (χ4n) is 5.42. The molecule has 1 amide bonds.